The number of nitrogens with one attached hydrogen (secondary N) is 1. The quantitative estimate of drug-likeness (QED) is 0.778. The second kappa shape index (κ2) is 8.17. The molecule has 2 aromatic carbocycles. The second-order valence-electron chi connectivity index (χ2n) is 8.17. The maximum atomic E-state index is 13.1. The van der Waals surface area contributed by atoms with Gasteiger partial charge in [0.1, 0.15) is 0 Å². The van der Waals surface area contributed by atoms with Crippen LogP contribution in [0.1, 0.15) is 43.7 Å². The molecule has 2 unspecified atom stereocenters. The maximum Gasteiger partial charge on any atom is 0.227 e. The van der Waals surface area contributed by atoms with Crippen molar-refractivity contribution in [1.29, 1.82) is 0 Å². The molecule has 28 heavy (non-hydrogen) atoms. The summed E-state index contributed by atoms with van der Waals surface area (Å²) in [6.07, 6.45) is 4.15. The van der Waals surface area contributed by atoms with Crippen LogP contribution in [0, 0.1) is 11.8 Å². The van der Waals surface area contributed by atoms with Gasteiger partial charge in [0.2, 0.25) is 11.8 Å². The molecule has 2 aliphatic rings. The molecule has 1 N–H and O–H groups in total. The van der Waals surface area contributed by atoms with Crippen molar-refractivity contribution in [2.45, 2.75) is 51.6 Å². The number of anilines is 1. The van der Waals surface area contributed by atoms with Gasteiger partial charge in [0.05, 0.1) is 0 Å². The van der Waals surface area contributed by atoms with E-state index in [0.29, 0.717) is 31.7 Å². The summed E-state index contributed by atoms with van der Waals surface area (Å²) in [5, 5.41) is 2.99. The number of carbonyl (C=O) groups is 2. The summed E-state index contributed by atoms with van der Waals surface area (Å²) < 4.78 is 0. The van der Waals surface area contributed by atoms with Gasteiger partial charge in [0.15, 0.2) is 0 Å². The molecule has 2 atom stereocenters. The summed E-state index contributed by atoms with van der Waals surface area (Å²) in [6.45, 7) is 2.82. The summed E-state index contributed by atoms with van der Waals surface area (Å²) in [5.41, 5.74) is 3.22. The van der Waals surface area contributed by atoms with Crippen LogP contribution >= 0.6 is 0 Å². The number of nitrogens with zero attached hydrogens (tertiary/aromatic N) is 1. The van der Waals surface area contributed by atoms with E-state index in [1.807, 2.05) is 41.3 Å². The van der Waals surface area contributed by atoms with Crippen LogP contribution in [-0.2, 0) is 22.6 Å². The lowest BCUT2D eigenvalue weighted by Gasteiger charge is -2.31. The van der Waals surface area contributed by atoms with Crippen LogP contribution in [0.3, 0.4) is 0 Å². The Balaban J connectivity index is 1.40. The number of amides is 2. The molecule has 2 amide bonds. The number of hydrogen-bond donors (Lipinski definition) is 1. The van der Waals surface area contributed by atoms with Gasteiger partial charge in [-0.25, -0.2) is 0 Å². The molecule has 0 aromatic heterocycles. The molecule has 2 aromatic rings. The van der Waals surface area contributed by atoms with Crippen molar-refractivity contribution >= 4 is 17.5 Å². The Bertz CT molecular complexity index is 845. The molecule has 4 rings (SSSR count). The minimum absolute atomic E-state index is 0.0383. The highest BCUT2D eigenvalue weighted by Gasteiger charge is 2.35. The van der Waals surface area contributed by atoms with Crippen molar-refractivity contribution in [3.05, 3.63) is 65.7 Å². The maximum absolute atomic E-state index is 13.1. The smallest absolute Gasteiger partial charge is 0.227 e. The highest BCUT2D eigenvalue weighted by molar-refractivity contribution is 5.96. The molecule has 146 valence electrons. The summed E-state index contributed by atoms with van der Waals surface area (Å²) in [4.78, 5) is 27.6. The Morgan fingerprint density at radius 3 is 2.57 bits per heavy atom. The minimum Gasteiger partial charge on any atom is -0.335 e. The van der Waals surface area contributed by atoms with Crippen molar-refractivity contribution in [3.8, 4) is 0 Å². The first-order valence-corrected chi connectivity index (χ1v) is 10.3. The van der Waals surface area contributed by atoms with E-state index in [4.69, 9.17) is 0 Å². The lowest BCUT2D eigenvalue weighted by Crippen LogP contribution is -2.40. The zero-order chi connectivity index (χ0) is 19.5. The summed E-state index contributed by atoms with van der Waals surface area (Å²) in [6, 6.07) is 18.4. The SMILES string of the molecule is CC(C1CC1)N(Cc1ccccc1)C(=O)CCC1Cc2ccccc2NC1=O. The molecule has 0 bridgehead atoms. The van der Waals surface area contributed by atoms with Crippen molar-refractivity contribution in [2.24, 2.45) is 11.8 Å². The van der Waals surface area contributed by atoms with Crippen molar-refractivity contribution in [2.75, 3.05) is 5.32 Å². The van der Waals surface area contributed by atoms with Crippen LogP contribution in [0.2, 0.25) is 0 Å². The average molecular weight is 377 g/mol. The van der Waals surface area contributed by atoms with E-state index in [0.717, 1.165) is 16.8 Å². The third-order valence-corrected chi connectivity index (χ3v) is 6.13. The van der Waals surface area contributed by atoms with Gasteiger partial charge in [-0.1, -0.05) is 48.5 Å². The number of hydrogen-bond acceptors (Lipinski definition) is 2. The normalized spacial score (nSPS) is 19.5. The Kier molecular flexibility index (Phi) is 5.47. The Morgan fingerprint density at radius 2 is 1.82 bits per heavy atom. The largest absolute Gasteiger partial charge is 0.335 e. The van der Waals surface area contributed by atoms with E-state index in [-0.39, 0.29) is 23.8 Å². The molecule has 1 aliphatic carbocycles. The standard InChI is InChI=1S/C24H28N2O2/c1-17(19-11-12-19)26(16-18-7-3-2-4-8-18)23(27)14-13-21-15-20-9-5-6-10-22(20)25-24(21)28/h2-10,17,19,21H,11-16H2,1H3,(H,25,28). The van der Waals surface area contributed by atoms with E-state index in [9.17, 15) is 9.59 Å². The first-order valence-electron chi connectivity index (χ1n) is 10.3. The lowest BCUT2D eigenvalue weighted by atomic mass is 9.89. The monoisotopic (exact) mass is 376 g/mol. The number of fused-ring (bicyclic) bond motifs is 1. The molecule has 4 heteroatoms. The van der Waals surface area contributed by atoms with E-state index >= 15 is 0 Å². The Morgan fingerprint density at radius 1 is 1.11 bits per heavy atom. The van der Waals surface area contributed by atoms with Crippen LogP contribution in [0.4, 0.5) is 5.69 Å². The zero-order valence-electron chi connectivity index (χ0n) is 16.4. The molecular formula is C24H28N2O2. The summed E-state index contributed by atoms with van der Waals surface area (Å²) >= 11 is 0. The minimum atomic E-state index is -0.131. The average Bonchev–Trinajstić information content (AvgIpc) is 3.56. The molecule has 0 spiro atoms. The predicted octanol–water partition coefficient (Wildman–Crippen LogP) is 4.40. The predicted molar refractivity (Wildman–Crippen MR) is 111 cm³/mol. The van der Waals surface area contributed by atoms with Crippen LogP contribution in [0.5, 0.6) is 0 Å². The first kappa shape index (κ1) is 18.7. The van der Waals surface area contributed by atoms with E-state index in [1.165, 1.54) is 12.8 Å². The lowest BCUT2D eigenvalue weighted by molar-refractivity contribution is -0.134. The van der Waals surface area contributed by atoms with Gasteiger partial charge in [-0.05, 0) is 55.7 Å². The molecular weight excluding hydrogens is 348 g/mol. The third-order valence-electron chi connectivity index (χ3n) is 6.13. The molecule has 1 saturated carbocycles. The molecule has 1 aliphatic heterocycles. The fourth-order valence-electron chi connectivity index (χ4n) is 4.16. The van der Waals surface area contributed by atoms with Gasteiger partial charge in [-0.2, -0.15) is 0 Å². The van der Waals surface area contributed by atoms with Gasteiger partial charge >= 0.3 is 0 Å². The first-order chi connectivity index (χ1) is 13.6. The molecule has 1 heterocycles. The second-order valence-corrected chi connectivity index (χ2v) is 8.17. The van der Waals surface area contributed by atoms with E-state index in [1.54, 1.807) is 0 Å². The van der Waals surface area contributed by atoms with E-state index in [2.05, 4.69) is 30.4 Å². The van der Waals surface area contributed by atoms with Crippen LogP contribution in [0.15, 0.2) is 54.6 Å². The number of carbonyl (C=O) groups excluding carboxylic acids is 2. The number of para-hydroxylation sites is 1. The van der Waals surface area contributed by atoms with Crippen molar-refractivity contribution in [3.63, 3.8) is 0 Å². The van der Waals surface area contributed by atoms with Crippen molar-refractivity contribution < 1.29 is 9.59 Å². The Hall–Kier alpha value is -2.62. The van der Waals surface area contributed by atoms with Gasteiger partial charge in [0, 0.05) is 30.6 Å². The topological polar surface area (TPSA) is 49.4 Å². The molecule has 1 fully saturated rings. The zero-order valence-corrected chi connectivity index (χ0v) is 16.4. The van der Waals surface area contributed by atoms with Crippen LogP contribution in [0.25, 0.3) is 0 Å². The number of benzene rings is 2. The van der Waals surface area contributed by atoms with Gasteiger partial charge < -0.3 is 10.2 Å². The van der Waals surface area contributed by atoms with Crippen molar-refractivity contribution in [1.82, 2.24) is 4.90 Å². The Labute approximate surface area is 166 Å². The fourth-order valence-corrected chi connectivity index (χ4v) is 4.16. The highest BCUT2D eigenvalue weighted by Crippen LogP contribution is 2.36. The summed E-state index contributed by atoms with van der Waals surface area (Å²) in [5.74, 6) is 0.692. The molecule has 4 nitrogen and oxygen atoms in total. The molecule has 0 radical (unpaired) electrons. The third kappa shape index (κ3) is 4.27. The van der Waals surface area contributed by atoms with Gasteiger partial charge in [-0.3, -0.25) is 9.59 Å². The fraction of sp³-hybridized carbons (Fsp3) is 0.417. The van der Waals surface area contributed by atoms with Gasteiger partial charge in [0.25, 0.3) is 0 Å². The summed E-state index contributed by atoms with van der Waals surface area (Å²) in [7, 11) is 0. The molecule has 0 saturated heterocycles. The van der Waals surface area contributed by atoms with Crippen LogP contribution < -0.4 is 5.32 Å². The van der Waals surface area contributed by atoms with E-state index < -0.39 is 0 Å². The highest BCUT2D eigenvalue weighted by atomic mass is 16.2. The van der Waals surface area contributed by atoms with Crippen LogP contribution in [-0.4, -0.2) is 22.8 Å². The number of rotatable bonds is 7. The van der Waals surface area contributed by atoms with Gasteiger partial charge in [-0.15, -0.1) is 0 Å².